The van der Waals surface area contributed by atoms with E-state index in [2.05, 4.69) is 61.3 Å². The Labute approximate surface area is 133 Å². The smallest absolute Gasteiger partial charge is 0.134 e. The molecule has 1 heterocycles. The van der Waals surface area contributed by atoms with Gasteiger partial charge in [0.2, 0.25) is 0 Å². The van der Waals surface area contributed by atoms with Gasteiger partial charge in [-0.2, -0.15) is 0 Å². The highest BCUT2D eigenvalue weighted by molar-refractivity contribution is 5.74. The van der Waals surface area contributed by atoms with Crippen LogP contribution >= 0.6 is 0 Å². The van der Waals surface area contributed by atoms with E-state index < -0.39 is 0 Å². The SMILES string of the molecule is CCN(C)CC/C=C1\Cc2ccccc2Oc2ccccc21. The molecule has 0 atom stereocenters. The van der Waals surface area contributed by atoms with Crippen molar-refractivity contribution in [3.05, 3.63) is 65.7 Å². The summed E-state index contributed by atoms with van der Waals surface area (Å²) in [5, 5.41) is 0. The average Bonchev–Trinajstić information content (AvgIpc) is 2.71. The van der Waals surface area contributed by atoms with Gasteiger partial charge in [0.05, 0.1) is 0 Å². The first kappa shape index (κ1) is 14.9. The molecule has 0 radical (unpaired) electrons. The van der Waals surface area contributed by atoms with Gasteiger partial charge in [-0.15, -0.1) is 0 Å². The Morgan fingerprint density at radius 2 is 1.77 bits per heavy atom. The summed E-state index contributed by atoms with van der Waals surface area (Å²) in [4.78, 5) is 2.34. The second kappa shape index (κ2) is 6.80. The molecule has 3 rings (SSSR count). The van der Waals surface area contributed by atoms with Crippen LogP contribution in [0, 0.1) is 0 Å². The van der Waals surface area contributed by atoms with Gasteiger partial charge in [0.1, 0.15) is 11.5 Å². The number of fused-ring (bicyclic) bond motifs is 2. The van der Waals surface area contributed by atoms with E-state index in [-0.39, 0.29) is 0 Å². The van der Waals surface area contributed by atoms with Crippen molar-refractivity contribution >= 4 is 5.57 Å². The first-order valence-corrected chi connectivity index (χ1v) is 8.00. The average molecular weight is 293 g/mol. The number of nitrogens with zero attached hydrogens (tertiary/aromatic N) is 1. The number of hydrogen-bond donors (Lipinski definition) is 0. The maximum absolute atomic E-state index is 6.13. The van der Waals surface area contributed by atoms with Crippen molar-refractivity contribution in [2.24, 2.45) is 0 Å². The highest BCUT2D eigenvalue weighted by atomic mass is 16.5. The summed E-state index contributed by atoms with van der Waals surface area (Å²) in [5.41, 5.74) is 3.84. The van der Waals surface area contributed by atoms with Crippen LogP contribution in [0.4, 0.5) is 0 Å². The van der Waals surface area contributed by atoms with Gasteiger partial charge in [-0.05, 0) is 43.3 Å². The van der Waals surface area contributed by atoms with Crippen LogP contribution < -0.4 is 4.74 Å². The zero-order chi connectivity index (χ0) is 15.4. The highest BCUT2D eigenvalue weighted by Crippen LogP contribution is 2.38. The van der Waals surface area contributed by atoms with Crippen molar-refractivity contribution in [1.82, 2.24) is 4.90 Å². The van der Waals surface area contributed by atoms with E-state index in [4.69, 9.17) is 4.74 Å². The molecule has 2 aromatic carbocycles. The lowest BCUT2D eigenvalue weighted by Gasteiger charge is -2.13. The van der Waals surface area contributed by atoms with Gasteiger partial charge in [-0.1, -0.05) is 49.4 Å². The molecular weight excluding hydrogens is 270 g/mol. The van der Waals surface area contributed by atoms with Crippen LogP contribution in [-0.4, -0.2) is 25.0 Å². The maximum Gasteiger partial charge on any atom is 0.134 e. The van der Waals surface area contributed by atoms with Crippen LogP contribution in [0.3, 0.4) is 0 Å². The topological polar surface area (TPSA) is 12.5 Å². The van der Waals surface area contributed by atoms with Gasteiger partial charge in [0.25, 0.3) is 0 Å². The Hall–Kier alpha value is -2.06. The third-order valence-corrected chi connectivity index (χ3v) is 4.25. The van der Waals surface area contributed by atoms with Crippen molar-refractivity contribution in [1.29, 1.82) is 0 Å². The van der Waals surface area contributed by atoms with E-state index in [1.807, 2.05) is 12.1 Å². The lowest BCUT2D eigenvalue weighted by molar-refractivity contribution is 0.360. The number of hydrogen-bond acceptors (Lipinski definition) is 2. The number of rotatable bonds is 4. The molecule has 0 fully saturated rings. The van der Waals surface area contributed by atoms with Crippen LogP contribution in [0.5, 0.6) is 11.5 Å². The molecule has 0 saturated carbocycles. The van der Waals surface area contributed by atoms with E-state index >= 15 is 0 Å². The molecule has 1 aliphatic rings. The lowest BCUT2D eigenvalue weighted by atomic mass is 9.97. The minimum atomic E-state index is 0.934. The standard InChI is InChI=1S/C20H23NO/c1-3-21(2)14-8-10-16-15-17-9-4-6-12-19(17)22-20-13-7-5-11-18(16)20/h4-7,9-13H,3,8,14-15H2,1-2H3/b16-10+. The third-order valence-electron chi connectivity index (χ3n) is 4.25. The molecule has 0 saturated heterocycles. The second-order valence-corrected chi connectivity index (χ2v) is 5.80. The van der Waals surface area contributed by atoms with E-state index in [1.165, 1.54) is 16.7 Å². The van der Waals surface area contributed by atoms with E-state index in [0.717, 1.165) is 37.4 Å². The molecule has 22 heavy (non-hydrogen) atoms. The Bertz CT molecular complexity index is 675. The summed E-state index contributed by atoms with van der Waals surface area (Å²) in [6, 6.07) is 16.7. The zero-order valence-electron chi connectivity index (χ0n) is 13.4. The van der Waals surface area contributed by atoms with Crippen molar-refractivity contribution in [2.45, 2.75) is 19.8 Å². The predicted molar refractivity (Wildman–Crippen MR) is 92.4 cm³/mol. The number of ether oxygens (including phenoxy) is 1. The number of allylic oxidation sites excluding steroid dienone is 1. The van der Waals surface area contributed by atoms with Crippen LogP contribution in [0.2, 0.25) is 0 Å². The molecule has 0 spiro atoms. The minimum absolute atomic E-state index is 0.934. The van der Waals surface area contributed by atoms with Gasteiger partial charge >= 0.3 is 0 Å². The molecule has 0 amide bonds. The Kier molecular flexibility index (Phi) is 4.59. The molecule has 2 nitrogen and oxygen atoms in total. The molecule has 2 heteroatoms. The van der Waals surface area contributed by atoms with Gasteiger partial charge in [-0.25, -0.2) is 0 Å². The van der Waals surface area contributed by atoms with Gasteiger partial charge in [-0.3, -0.25) is 0 Å². The molecule has 114 valence electrons. The molecule has 0 aromatic heterocycles. The van der Waals surface area contributed by atoms with Crippen LogP contribution in [0.25, 0.3) is 5.57 Å². The summed E-state index contributed by atoms with van der Waals surface area (Å²) < 4.78 is 6.13. The Morgan fingerprint density at radius 1 is 1.05 bits per heavy atom. The molecule has 0 unspecified atom stereocenters. The second-order valence-electron chi connectivity index (χ2n) is 5.80. The Balaban J connectivity index is 1.93. The Morgan fingerprint density at radius 3 is 2.59 bits per heavy atom. The number of para-hydroxylation sites is 2. The third kappa shape index (κ3) is 3.23. The van der Waals surface area contributed by atoms with Crippen molar-refractivity contribution < 1.29 is 4.74 Å². The largest absolute Gasteiger partial charge is 0.456 e. The normalized spacial score (nSPS) is 15.1. The summed E-state index contributed by atoms with van der Waals surface area (Å²) in [7, 11) is 2.16. The summed E-state index contributed by atoms with van der Waals surface area (Å²) >= 11 is 0. The minimum Gasteiger partial charge on any atom is -0.456 e. The van der Waals surface area contributed by atoms with Crippen LogP contribution in [0.1, 0.15) is 24.5 Å². The quantitative estimate of drug-likeness (QED) is 0.806. The fraction of sp³-hybridized carbons (Fsp3) is 0.300. The maximum atomic E-state index is 6.13. The zero-order valence-corrected chi connectivity index (χ0v) is 13.4. The predicted octanol–water partition coefficient (Wildman–Crippen LogP) is 4.76. The number of benzene rings is 2. The molecular formula is C20H23NO. The molecule has 0 N–H and O–H groups in total. The first-order chi connectivity index (χ1) is 10.8. The fourth-order valence-corrected chi connectivity index (χ4v) is 2.79. The van der Waals surface area contributed by atoms with Crippen molar-refractivity contribution in [2.75, 3.05) is 20.1 Å². The monoisotopic (exact) mass is 293 g/mol. The lowest BCUT2D eigenvalue weighted by Crippen LogP contribution is -2.18. The summed E-state index contributed by atoms with van der Waals surface area (Å²) in [6.45, 7) is 4.37. The van der Waals surface area contributed by atoms with Crippen LogP contribution in [0.15, 0.2) is 54.6 Å². The molecule has 2 aromatic rings. The fourth-order valence-electron chi connectivity index (χ4n) is 2.79. The summed E-state index contributed by atoms with van der Waals surface area (Å²) in [6.07, 6.45) is 4.37. The summed E-state index contributed by atoms with van der Waals surface area (Å²) in [5.74, 6) is 1.94. The van der Waals surface area contributed by atoms with Gasteiger partial charge in [0.15, 0.2) is 0 Å². The van der Waals surface area contributed by atoms with Gasteiger partial charge < -0.3 is 9.64 Å². The van der Waals surface area contributed by atoms with Crippen LogP contribution in [-0.2, 0) is 6.42 Å². The van der Waals surface area contributed by atoms with Crippen molar-refractivity contribution in [3.8, 4) is 11.5 Å². The molecule has 0 bridgehead atoms. The molecule has 1 aliphatic heterocycles. The van der Waals surface area contributed by atoms with Gasteiger partial charge in [0, 0.05) is 18.5 Å². The van der Waals surface area contributed by atoms with Crippen molar-refractivity contribution in [3.63, 3.8) is 0 Å². The highest BCUT2D eigenvalue weighted by Gasteiger charge is 2.17. The first-order valence-electron chi connectivity index (χ1n) is 8.00. The van der Waals surface area contributed by atoms with E-state index in [9.17, 15) is 0 Å². The molecule has 0 aliphatic carbocycles. The van der Waals surface area contributed by atoms with E-state index in [1.54, 1.807) is 0 Å². The van der Waals surface area contributed by atoms with E-state index in [0.29, 0.717) is 0 Å².